The van der Waals surface area contributed by atoms with E-state index >= 15 is 0 Å². The first-order chi connectivity index (χ1) is 6.92. The maximum atomic E-state index is 4.40. The first kappa shape index (κ1) is 9.16. The van der Waals surface area contributed by atoms with Gasteiger partial charge in [-0.25, -0.2) is 0 Å². The molecular weight excluding hydrogens is 172 g/mol. The van der Waals surface area contributed by atoms with Crippen LogP contribution in [-0.4, -0.2) is 18.6 Å². The van der Waals surface area contributed by atoms with Crippen molar-refractivity contribution in [2.24, 2.45) is 0 Å². The van der Waals surface area contributed by atoms with Gasteiger partial charge in [0.15, 0.2) is 0 Å². The fourth-order valence-electron chi connectivity index (χ4n) is 1.62. The minimum Gasteiger partial charge on any atom is -0.319 e. The fraction of sp³-hybridized carbons (Fsp3) is 0.250. The Balaban J connectivity index is 2.43. The van der Waals surface area contributed by atoms with E-state index in [1.54, 1.807) is 0 Å². The summed E-state index contributed by atoms with van der Waals surface area (Å²) in [6.45, 7) is 0.973. The normalized spacial score (nSPS) is 10.6. The molecule has 0 amide bonds. The lowest BCUT2D eigenvalue weighted by Crippen LogP contribution is -2.11. The summed E-state index contributed by atoms with van der Waals surface area (Å²) in [5.74, 6) is 0. The number of aromatic nitrogens is 1. The molecule has 0 aliphatic heterocycles. The first-order valence-electron chi connectivity index (χ1n) is 4.89. The maximum Gasteiger partial charge on any atom is 0.0494 e. The molecule has 0 saturated heterocycles. The molecule has 0 aliphatic rings. The lowest BCUT2D eigenvalue weighted by molar-refractivity contribution is 0.781. The fourth-order valence-corrected chi connectivity index (χ4v) is 1.62. The van der Waals surface area contributed by atoms with Crippen LogP contribution in [0.5, 0.6) is 0 Å². The van der Waals surface area contributed by atoms with Crippen LogP contribution in [-0.2, 0) is 6.42 Å². The van der Waals surface area contributed by atoms with E-state index in [-0.39, 0.29) is 0 Å². The van der Waals surface area contributed by atoms with Crippen molar-refractivity contribution in [3.63, 3.8) is 0 Å². The zero-order chi connectivity index (χ0) is 9.80. The summed E-state index contributed by atoms with van der Waals surface area (Å²) < 4.78 is 0. The number of fused-ring (bicyclic) bond motifs is 1. The zero-order valence-corrected chi connectivity index (χ0v) is 8.33. The third kappa shape index (κ3) is 1.75. The minimum atomic E-state index is 0.973. The van der Waals surface area contributed by atoms with E-state index in [1.165, 1.54) is 16.5 Å². The summed E-state index contributed by atoms with van der Waals surface area (Å²) in [6, 6.07) is 10.4. The molecule has 0 aliphatic carbocycles. The molecule has 0 saturated carbocycles. The molecule has 2 aromatic rings. The second kappa shape index (κ2) is 4.20. The van der Waals surface area contributed by atoms with Crippen molar-refractivity contribution in [1.29, 1.82) is 0 Å². The van der Waals surface area contributed by atoms with E-state index in [0.717, 1.165) is 13.0 Å². The number of likely N-dealkylation sites (N-methyl/N-ethyl adjacent to an activating group) is 1. The quantitative estimate of drug-likeness (QED) is 0.793. The number of hydrogen-bond donors (Lipinski definition) is 1. The highest BCUT2D eigenvalue weighted by Gasteiger charge is 1.99. The van der Waals surface area contributed by atoms with E-state index < -0.39 is 0 Å². The molecular formula is C12H14N2. The molecule has 0 radical (unpaired) electrons. The van der Waals surface area contributed by atoms with Crippen LogP contribution in [0, 0.1) is 0 Å². The SMILES string of the molecule is CNCCc1nccc2ccccc12. The van der Waals surface area contributed by atoms with Gasteiger partial charge in [-0.2, -0.15) is 0 Å². The van der Waals surface area contributed by atoms with Gasteiger partial charge in [0.25, 0.3) is 0 Å². The van der Waals surface area contributed by atoms with Gasteiger partial charge in [0, 0.05) is 30.2 Å². The Kier molecular flexibility index (Phi) is 2.75. The van der Waals surface area contributed by atoms with Crippen LogP contribution in [0.1, 0.15) is 5.69 Å². The number of nitrogens with zero attached hydrogens (tertiary/aromatic N) is 1. The Morgan fingerprint density at radius 3 is 2.93 bits per heavy atom. The van der Waals surface area contributed by atoms with Gasteiger partial charge in [0.05, 0.1) is 0 Å². The predicted molar refractivity (Wildman–Crippen MR) is 59.4 cm³/mol. The van der Waals surface area contributed by atoms with Crippen molar-refractivity contribution >= 4 is 10.8 Å². The molecule has 1 aromatic heterocycles. The van der Waals surface area contributed by atoms with Crippen LogP contribution < -0.4 is 5.32 Å². The van der Waals surface area contributed by atoms with Gasteiger partial charge in [-0.15, -0.1) is 0 Å². The standard InChI is InChI=1S/C12H14N2/c1-13-8-7-12-11-5-3-2-4-10(11)6-9-14-12/h2-6,9,13H,7-8H2,1H3. The topological polar surface area (TPSA) is 24.9 Å². The van der Waals surface area contributed by atoms with E-state index in [4.69, 9.17) is 0 Å². The van der Waals surface area contributed by atoms with Crippen LogP contribution in [0.25, 0.3) is 10.8 Å². The molecule has 0 bridgehead atoms. The minimum absolute atomic E-state index is 0.973. The number of pyridine rings is 1. The number of benzene rings is 1. The van der Waals surface area contributed by atoms with Crippen molar-refractivity contribution in [3.8, 4) is 0 Å². The van der Waals surface area contributed by atoms with E-state index in [2.05, 4.69) is 40.6 Å². The van der Waals surface area contributed by atoms with E-state index in [0.29, 0.717) is 0 Å². The van der Waals surface area contributed by atoms with Gasteiger partial charge < -0.3 is 5.32 Å². The summed E-state index contributed by atoms with van der Waals surface area (Å²) in [7, 11) is 1.96. The van der Waals surface area contributed by atoms with Crippen LogP contribution in [0.2, 0.25) is 0 Å². The summed E-state index contributed by atoms with van der Waals surface area (Å²) >= 11 is 0. The van der Waals surface area contributed by atoms with E-state index in [1.807, 2.05) is 13.2 Å². The van der Waals surface area contributed by atoms with Gasteiger partial charge in [-0.1, -0.05) is 24.3 Å². The van der Waals surface area contributed by atoms with Gasteiger partial charge in [0.2, 0.25) is 0 Å². The molecule has 2 nitrogen and oxygen atoms in total. The van der Waals surface area contributed by atoms with Crippen molar-refractivity contribution in [2.75, 3.05) is 13.6 Å². The molecule has 0 atom stereocenters. The third-order valence-electron chi connectivity index (χ3n) is 2.37. The van der Waals surface area contributed by atoms with Crippen LogP contribution >= 0.6 is 0 Å². The Labute approximate surface area is 84.0 Å². The van der Waals surface area contributed by atoms with Crippen molar-refractivity contribution in [3.05, 3.63) is 42.2 Å². The summed E-state index contributed by atoms with van der Waals surface area (Å²) in [4.78, 5) is 4.40. The molecule has 1 N–H and O–H groups in total. The molecule has 0 unspecified atom stereocenters. The Morgan fingerprint density at radius 1 is 1.21 bits per heavy atom. The Bertz CT molecular complexity index is 418. The van der Waals surface area contributed by atoms with Gasteiger partial charge >= 0.3 is 0 Å². The third-order valence-corrected chi connectivity index (χ3v) is 2.37. The molecule has 0 fully saturated rings. The second-order valence-electron chi connectivity index (χ2n) is 3.33. The van der Waals surface area contributed by atoms with Crippen LogP contribution in [0.3, 0.4) is 0 Å². The lowest BCUT2D eigenvalue weighted by atomic mass is 10.1. The van der Waals surface area contributed by atoms with Crippen LogP contribution in [0.15, 0.2) is 36.5 Å². The summed E-state index contributed by atoms with van der Waals surface area (Å²) in [5, 5.41) is 5.68. The zero-order valence-electron chi connectivity index (χ0n) is 8.33. The van der Waals surface area contributed by atoms with Crippen molar-refractivity contribution in [1.82, 2.24) is 10.3 Å². The average molecular weight is 186 g/mol. The first-order valence-corrected chi connectivity index (χ1v) is 4.89. The molecule has 0 spiro atoms. The van der Waals surface area contributed by atoms with E-state index in [9.17, 15) is 0 Å². The van der Waals surface area contributed by atoms with Gasteiger partial charge in [-0.3, -0.25) is 4.98 Å². The van der Waals surface area contributed by atoms with Gasteiger partial charge in [-0.05, 0) is 18.5 Å². The second-order valence-corrected chi connectivity index (χ2v) is 3.33. The molecule has 1 aromatic carbocycles. The molecule has 2 rings (SSSR count). The smallest absolute Gasteiger partial charge is 0.0494 e. The highest BCUT2D eigenvalue weighted by atomic mass is 14.8. The summed E-state index contributed by atoms with van der Waals surface area (Å²) in [6.07, 6.45) is 2.87. The Morgan fingerprint density at radius 2 is 2.07 bits per heavy atom. The molecule has 1 heterocycles. The maximum absolute atomic E-state index is 4.40. The molecule has 14 heavy (non-hydrogen) atoms. The number of nitrogens with one attached hydrogen (secondary N) is 1. The monoisotopic (exact) mass is 186 g/mol. The number of hydrogen-bond acceptors (Lipinski definition) is 2. The van der Waals surface area contributed by atoms with Crippen molar-refractivity contribution in [2.45, 2.75) is 6.42 Å². The summed E-state index contributed by atoms with van der Waals surface area (Å²) in [5.41, 5.74) is 1.18. The number of rotatable bonds is 3. The van der Waals surface area contributed by atoms with Gasteiger partial charge in [0.1, 0.15) is 0 Å². The van der Waals surface area contributed by atoms with Crippen LogP contribution in [0.4, 0.5) is 0 Å². The lowest BCUT2D eigenvalue weighted by Gasteiger charge is -2.04. The average Bonchev–Trinajstić information content (AvgIpc) is 2.26. The largest absolute Gasteiger partial charge is 0.319 e. The Hall–Kier alpha value is -1.41. The molecule has 72 valence electrons. The highest BCUT2D eigenvalue weighted by Crippen LogP contribution is 2.16. The van der Waals surface area contributed by atoms with Crippen molar-refractivity contribution < 1.29 is 0 Å². The predicted octanol–water partition coefficient (Wildman–Crippen LogP) is 2.00. The highest BCUT2D eigenvalue weighted by molar-refractivity contribution is 5.84. The molecule has 2 heteroatoms.